The first-order valence-electron chi connectivity index (χ1n) is 9.21. The van der Waals surface area contributed by atoms with Gasteiger partial charge in [-0.1, -0.05) is 47.6 Å². The Labute approximate surface area is 154 Å². The summed E-state index contributed by atoms with van der Waals surface area (Å²) in [4.78, 5) is 2.48. The molecule has 0 saturated carbocycles. The Morgan fingerprint density at radius 3 is 2.62 bits per heavy atom. The molecule has 1 aliphatic heterocycles. The van der Waals surface area contributed by atoms with Gasteiger partial charge in [0.15, 0.2) is 0 Å². The highest BCUT2D eigenvalue weighted by Gasteiger charge is 2.28. The second kappa shape index (κ2) is 7.75. The van der Waals surface area contributed by atoms with E-state index in [0.29, 0.717) is 12.6 Å². The normalized spacial score (nSPS) is 17.5. The maximum Gasteiger partial charge on any atom is 0.133 e. The standard InChI is InChI=1S/C22H24N2O2/c1-17-14-21(23-26-17)22-8-5-13-24(22)15-18-9-11-20(12-10-18)25-16-19-6-3-2-4-7-19/h2-4,6-7,9-12,14,22H,5,8,13,15-16H2,1H3/t22-/m0/s1. The van der Waals surface area contributed by atoms with E-state index in [9.17, 15) is 0 Å². The molecular formula is C22H24N2O2. The van der Waals surface area contributed by atoms with Crippen molar-refractivity contribution in [2.24, 2.45) is 0 Å². The van der Waals surface area contributed by atoms with Crippen LogP contribution in [0.25, 0.3) is 0 Å². The third kappa shape index (κ3) is 3.97. The predicted octanol–water partition coefficient (Wildman–Crippen LogP) is 4.90. The average molecular weight is 348 g/mol. The lowest BCUT2D eigenvalue weighted by Crippen LogP contribution is -2.22. The van der Waals surface area contributed by atoms with E-state index in [-0.39, 0.29) is 0 Å². The lowest BCUT2D eigenvalue weighted by molar-refractivity contribution is 0.236. The first-order chi connectivity index (χ1) is 12.8. The molecule has 1 saturated heterocycles. The molecule has 4 heteroatoms. The zero-order chi connectivity index (χ0) is 17.8. The summed E-state index contributed by atoms with van der Waals surface area (Å²) in [6.45, 7) is 4.57. The third-order valence-corrected chi connectivity index (χ3v) is 4.91. The highest BCUT2D eigenvalue weighted by molar-refractivity contribution is 5.28. The molecule has 0 radical (unpaired) electrons. The van der Waals surface area contributed by atoms with Gasteiger partial charge in [0, 0.05) is 12.6 Å². The Bertz CT molecular complexity index is 827. The third-order valence-electron chi connectivity index (χ3n) is 4.91. The van der Waals surface area contributed by atoms with Crippen molar-refractivity contribution >= 4 is 0 Å². The smallest absolute Gasteiger partial charge is 0.133 e. The molecule has 26 heavy (non-hydrogen) atoms. The minimum Gasteiger partial charge on any atom is -0.489 e. The van der Waals surface area contributed by atoms with E-state index in [0.717, 1.165) is 36.7 Å². The quantitative estimate of drug-likeness (QED) is 0.635. The maximum atomic E-state index is 5.87. The fraction of sp³-hybridized carbons (Fsp3) is 0.318. The summed E-state index contributed by atoms with van der Waals surface area (Å²) in [5.41, 5.74) is 3.53. The number of aromatic nitrogens is 1. The molecule has 1 aromatic heterocycles. The van der Waals surface area contributed by atoms with Crippen molar-refractivity contribution in [2.75, 3.05) is 6.54 Å². The summed E-state index contributed by atoms with van der Waals surface area (Å²) < 4.78 is 11.1. The summed E-state index contributed by atoms with van der Waals surface area (Å²) in [6.07, 6.45) is 2.35. The number of benzene rings is 2. The van der Waals surface area contributed by atoms with Crippen LogP contribution in [-0.4, -0.2) is 16.6 Å². The zero-order valence-electron chi connectivity index (χ0n) is 15.1. The van der Waals surface area contributed by atoms with Gasteiger partial charge in [0.25, 0.3) is 0 Å². The zero-order valence-corrected chi connectivity index (χ0v) is 15.1. The molecule has 1 atom stereocenters. The lowest BCUT2D eigenvalue weighted by Gasteiger charge is -2.22. The summed E-state index contributed by atoms with van der Waals surface area (Å²) in [5.74, 6) is 1.79. The summed E-state index contributed by atoms with van der Waals surface area (Å²) in [7, 11) is 0. The van der Waals surface area contributed by atoms with Gasteiger partial charge in [-0.05, 0) is 49.6 Å². The van der Waals surface area contributed by atoms with E-state index in [4.69, 9.17) is 9.26 Å². The fourth-order valence-electron chi connectivity index (χ4n) is 3.56. The first kappa shape index (κ1) is 16.9. The van der Waals surface area contributed by atoms with Gasteiger partial charge in [0.05, 0.1) is 6.04 Å². The van der Waals surface area contributed by atoms with E-state index in [1.54, 1.807) is 0 Å². The van der Waals surface area contributed by atoms with Crippen molar-refractivity contribution < 1.29 is 9.26 Å². The number of hydrogen-bond acceptors (Lipinski definition) is 4. The summed E-state index contributed by atoms with van der Waals surface area (Å²) in [6, 6.07) is 21.1. The van der Waals surface area contributed by atoms with E-state index in [2.05, 4.69) is 52.5 Å². The van der Waals surface area contributed by atoms with Gasteiger partial charge in [0.1, 0.15) is 23.8 Å². The minimum absolute atomic E-state index is 0.362. The van der Waals surface area contributed by atoms with Crippen molar-refractivity contribution in [3.05, 3.63) is 83.2 Å². The van der Waals surface area contributed by atoms with Gasteiger partial charge in [-0.3, -0.25) is 4.90 Å². The molecule has 0 amide bonds. The molecule has 0 N–H and O–H groups in total. The van der Waals surface area contributed by atoms with E-state index in [1.807, 2.05) is 25.1 Å². The maximum absolute atomic E-state index is 5.87. The number of hydrogen-bond donors (Lipinski definition) is 0. The second-order valence-electron chi connectivity index (χ2n) is 6.91. The Kier molecular flexibility index (Phi) is 5.02. The monoisotopic (exact) mass is 348 g/mol. The molecule has 2 heterocycles. The van der Waals surface area contributed by atoms with E-state index in [1.165, 1.54) is 17.5 Å². The van der Waals surface area contributed by atoms with Crippen LogP contribution in [0.4, 0.5) is 0 Å². The Balaban J connectivity index is 1.36. The molecule has 134 valence electrons. The van der Waals surface area contributed by atoms with Crippen molar-refractivity contribution in [1.82, 2.24) is 10.1 Å². The van der Waals surface area contributed by atoms with Crippen molar-refractivity contribution in [3.8, 4) is 5.75 Å². The van der Waals surface area contributed by atoms with Gasteiger partial charge in [0.2, 0.25) is 0 Å². The van der Waals surface area contributed by atoms with Gasteiger partial charge in [-0.15, -0.1) is 0 Å². The molecule has 4 rings (SSSR count). The van der Waals surface area contributed by atoms with Crippen LogP contribution in [0, 0.1) is 6.92 Å². The van der Waals surface area contributed by atoms with E-state index < -0.39 is 0 Å². The number of likely N-dealkylation sites (tertiary alicyclic amines) is 1. The van der Waals surface area contributed by atoms with Crippen LogP contribution in [-0.2, 0) is 13.2 Å². The summed E-state index contributed by atoms with van der Waals surface area (Å²) in [5, 5.41) is 4.22. The van der Waals surface area contributed by atoms with Gasteiger partial charge >= 0.3 is 0 Å². The van der Waals surface area contributed by atoms with E-state index >= 15 is 0 Å². The number of rotatable bonds is 6. The van der Waals surface area contributed by atoms with Crippen molar-refractivity contribution in [3.63, 3.8) is 0 Å². The Morgan fingerprint density at radius 1 is 1.08 bits per heavy atom. The van der Waals surface area contributed by atoms with Crippen LogP contribution >= 0.6 is 0 Å². The number of nitrogens with zero attached hydrogens (tertiary/aromatic N) is 2. The molecule has 0 spiro atoms. The molecule has 1 fully saturated rings. The number of aryl methyl sites for hydroxylation is 1. The van der Waals surface area contributed by atoms with Crippen LogP contribution in [0.15, 0.2) is 65.2 Å². The first-order valence-corrected chi connectivity index (χ1v) is 9.21. The van der Waals surface area contributed by atoms with Crippen LogP contribution in [0.3, 0.4) is 0 Å². The van der Waals surface area contributed by atoms with Gasteiger partial charge in [-0.2, -0.15) is 0 Å². The molecular weight excluding hydrogens is 324 g/mol. The molecule has 2 aromatic carbocycles. The van der Waals surface area contributed by atoms with Crippen LogP contribution in [0.2, 0.25) is 0 Å². The molecule has 0 bridgehead atoms. The fourth-order valence-corrected chi connectivity index (χ4v) is 3.56. The molecule has 3 aromatic rings. The van der Waals surface area contributed by atoms with Crippen LogP contribution in [0.5, 0.6) is 5.75 Å². The van der Waals surface area contributed by atoms with Gasteiger partial charge in [-0.25, -0.2) is 0 Å². The van der Waals surface area contributed by atoms with Gasteiger partial charge < -0.3 is 9.26 Å². The topological polar surface area (TPSA) is 38.5 Å². The highest BCUT2D eigenvalue weighted by atomic mass is 16.5. The minimum atomic E-state index is 0.362. The molecule has 4 nitrogen and oxygen atoms in total. The van der Waals surface area contributed by atoms with Crippen molar-refractivity contribution in [2.45, 2.75) is 39.0 Å². The molecule has 0 unspecified atom stereocenters. The SMILES string of the molecule is Cc1cc([C@@H]2CCCN2Cc2ccc(OCc3ccccc3)cc2)no1. The molecule has 0 aliphatic carbocycles. The largest absolute Gasteiger partial charge is 0.489 e. The Hall–Kier alpha value is -2.59. The number of ether oxygens (including phenoxy) is 1. The highest BCUT2D eigenvalue weighted by Crippen LogP contribution is 2.33. The van der Waals surface area contributed by atoms with Crippen LogP contribution in [0.1, 0.15) is 41.5 Å². The second-order valence-corrected chi connectivity index (χ2v) is 6.91. The molecule has 1 aliphatic rings. The van der Waals surface area contributed by atoms with Crippen LogP contribution < -0.4 is 4.74 Å². The lowest BCUT2D eigenvalue weighted by atomic mass is 10.1. The Morgan fingerprint density at radius 2 is 1.88 bits per heavy atom. The summed E-state index contributed by atoms with van der Waals surface area (Å²) >= 11 is 0. The predicted molar refractivity (Wildman–Crippen MR) is 101 cm³/mol. The van der Waals surface area contributed by atoms with Crippen molar-refractivity contribution in [1.29, 1.82) is 0 Å². The average Bonchev–Trinajstić information content (AvgIpc) is 3.31.